The first-order valence-corrected chi connectivity index (χ1v) is 10.3. The molecule has 3 aromatic rings. The number of amides is 1. The maximum Gasteiger partial charge on any atom is 0.228 e. The van der Waals surface area contributed by atoms with Crippen molar-refractivity contribution in [2.75, 3.05) is 17.2 Å². The Morgan fingerprint density at radius 1 is 0.963 bits per heavy atom. The Bertz CT molecular complexity index is 925. The first-order valence-electron chi connectivity index (χ1n) is 8.31. The second kappa shape index (κ2) is 9.47. The number of benzene rings is 2. The number of hydrogen-bond acceptors (Lipinski definition) is 3. The van der Waals surface area contributed by atoms with Crippen LogP contribution >= 0.6 is 46.1 Å². The van der Waals surface area contributed by atoms with E-state index in [1.807, 2.05) is 30.3 Å². The van der Waals surface area contributed by atoms with E-state index in [0.29, 0.717) is 15.7 Å². The van der Waals surface area contributed by atoms with Gasteiger partial charge in [0, 0.05) is 22.1 Å². The van der Waals surface area contributed by atoms with Crippen LogP contribution < -0.4 is 10.6 Å². The molecule has 0 saturated carbocycles. The molecule has 2 N–H and O–H groups in total. The van der Waals surface area contributed by atoms with E-state index < -0.39 is 0 Å². The van der Waals surface area contributed by atoms with Crippen LogP contribution in [0, 0.1) is 0 Å². The number of carbonyl (C=O) groups is 1. The summed E-state index contributed by atoms with van der Waals surface area (Å²) < 4.78 is 0.798. The number of halogens is 3. The van der Waals surface area contributed by atoms with Crippen LogP contribution in [0.2, 0.25) is 14.4 Å². The van der Waals surface area contributed by atoms with E-state index >= 15 is 0 Å². The summed E-state index contributed by atoms with van der Waals surface area (Å²) in [5.41, 5.74) is 2.38. The zero-order valence-corrected chi connectivity index (χ0v) is 17.4. The Morgan fingerprint density at radius 3 is 2.41 bits per heavy atom. The number of thiophene rings is 1. The molecule has 0 aliphatic carbocycles. The molecule has 1 amide bonds. The zero-order chi connectivity index (χ0) is 19.2. The normalized spacial score (nSPS) is 10.6. The summed E-state index contributed by atoms with van der Waals surface area (Å²) >= 11 is 19.7. The second-order valence-corrected chi connectivity index (χ2v) is 8.57. The number of hydrogen-bond donors (Lipinski definition) is 2. The van der Waals surface area contributed by atoms with Crippen LogP contribution in [-0.2, 0) is 17.6 Å². The highest BCUT2D eigenvalue weighted by atomic mass is 35.5. The van der Waals surface area contributed by atoms with Crippen molar-refractivity contribution in [3.63, 3.8) is 0 Å². The summed E-state index contributed by atoms with van der Waals surface area (Å²) in [6.45, 7) is 0.773. The molecule has 0 unspecified atom stereocenters. The van der Waals surface area contributed by atoms with Gasteiger partial charge >= 0.3 is 0 Å². The summed E-state index contributed by atoms with van der Waals surface area (Å²) in [5, 5.41) is 7.30. The van der Waals surface area contributed by atoms with E-state index in [2.05, 4.69) is 10.6 Å². The topological polar surface area (TPSA) is 41.1 Å². The quantitative estimate of drug-likeness (QED) is 0.438. The third-order valence-electron chi connectivity index (χ3n) is 3.85. The van der Waals surface area contributed by atoms with E-state index in [4.69, 9.17) is 34.8 Å². The fourth-order valence-electron chi connectivity index (χ4n) is 2.52. The van der Waals surface area contributed by atoms with Crippen LogP contribution in [-0.4, -0.2) is 12.5 Å². The molecule has 0 fully saturated rings. The van der Waals surface area contributed by atoms with Gasteiger partial charge < -0.3 is 10.6 Å². The Hall–Kier alpha value is -1.72. The Kier molecular flexibility index (Phi) is 7.02. The van der Waals surface area contributed by atoms with Crippen molar-refractivity contribution in [2.45, 2.75) is 12.8 Å². The molecule has 0 atom stereocenters. The van der Waals surface area contributed by atoms with Gasteiger partial charge in [-0.25, -0.2) is 0 Å². The highest BCUT2D eigenvalue weighted by Crippen LogP contribution is 2.26. The van der Waals surface area contributed by atoms with E-state index in [1.54, 1.807) is 35.6 Å². The summed E-state index contributed by atoms with van der Waals surface area (Å²) in [6.07, 6.45) is 1.14. The molecule has 2 aromatic carbocycles. The average Bonchev–Trinajstić information content (AvgIpc) is 3.04. The molecular formula is C20H17Cl3N2OS. The predicted octanol–water partition coefficient (Wildman–Crippen LogP) is 6.54. The number of rotatable bonds is 7. The van der Waals surface area contributed by atoms with Gasteiger partial charge in [0.25, 0.3) is 0 Å². The fraction of sp³-hybridized carbons (Fsp3) is 0.150. The van der Waals surface area contributed by atoms with Crippen LogP contribution in [0.1, 0.15) is 10.4 Å². The van der Waals surface area contributed by atoms with Crippen LogP contribution in [0.25, 0.3) is 0 Å². The Balaban J connectivity index is 1.52. The number of anilines is 2. The van der Waals surface area contributed by atoms with Crippen molar-refractivity contribution in [2.24, 2.45) is 0 Å². The van der Waals surface area contributed by atoms with Crippen LogP contribution in [0.5, 0.6) is 0 Å². The highest BCUT2D eigenvalue weighted by Gasteiger charge is 2.08. The van der Waals surface area contributed by atoms with Gasteiger partial charge in [-0.05, 0) is 54.4 Å². The molecule has 3 nitrogen and oxygen atoms in total. The lowest BCUT2D eigenvalue weighted by Gasteiger charge is -2.11. The summed E-state index contributed by atoms with van der Waals surface area (Å²) in [5.74, 6) is -0.130. The van der Waals surface area contributed by atoms with Crippen molar-refractivity contribution in [3.8, 4) is 0 Å². The standard InChI is InChI=1S/C20H17Cl3N2OS/c21-14-3-1-13(2-4-14)11-20(26)25-18-7-5-15(12-17(18)22)24-10-9-16-6-8-19(23)27-16/h1-8,12,24H,9-11H2,(H,25,26). The molecule has 0 radical (unpaired) electrons. The SMILES string of the molecule is O=C(Cc1ccc(Cl)cc1)Nc1ccc(NCCc2ccc(Cl)s2)cc1Cl. The molecule has 3 rings (SSSR count). The molecule has 140 valence electrons. The molecule has 0 aliphatic rings. The van der Waals surface area contributed by atoms with Crippen molar-refractivity contribution in [1.82, 2.24) is 0 Å². The highest BCUT2D eigenvalue weighted by molar-refractivity contribution is 7.16. The Morgan fingerprint density at radius 2 is 1.74 bits per heavy atom. The predicted molar refractivity (Wildman–Crippen MR) is 117 cm³/mol. The number of carbonyl (C=O) groups excluding carboxylic acids is 1. The van der Waals surface area contributed by atoms with Gasteiger partial charge in [-0.15, -0.1) is 11.3 Å². The summed E-state index contributed by atoms with van der Waals surface area (Å²) in [4.78, 5) is 13.4. The maximum absolute atomic E-state index is 12.2. The Labute approximate surface area is 177 Å². The maximum atomic E-state index is 12.2. The lowest BCUT2D eigenvalue weighted by molar-refractivity contribution is -0.115. The fourth-order valence-corrected chi connectivity index (χ4v) is 3.97. The van der Waals surface area contributed by atoms with Crippen molar-refractivity contribution >= 4 is 63.4 Å². The van der Waals surface area contributed by atoms with Gasteiger partial charge in [0.15, 0.2) is 0 Å². The second-order valence-electron chi connectivity index (χ2n) is 5.93. The van der Waals surface area contributed by atoms with E-state index in [9.17, 15) is 4.79 Å². The van der Waals surface area contributed by atoms with Gasteiger partial charge in [-0.1, -0.05) is 46.9 Å². The smallest absolute Gasteiger partial charge is 0.228 e. The lowest BCUT2D eigenvalue weighted by atomic mass is 10.1. The molecule has 0 bridgehead atoms. The first kappa shape index (κ1) is 20.0. The van der Waals surface area contributed by atoms with E-state index in [1.165, 1.54) is 4.88 Å². The number of nitrogens with one attached hydrogen (secondary N) is 2. The largest absolute Gasteiger partial charge is 0.385 e. The summed E-state index contributed by atoms with van der Waals surface area (Å²) in [6, 6.07) is 16.6. The van der Waals surface area contributed by atoms with Crippen molar-refractivity contribution in [3.05, 3.63) is 79.4 Å². The van der Waals surface area contributed by atoms with Crippen molar-refractivity contribution in [1.29, 1.82) is 0 Å². The van der Waals surface area contributed by atoms with Crippen LogP contribution in [0.15, 0.2) is 54.6 Å². The molecule has 1 heterocycles. The first-order chi connectivity index (χ1) is 13.0. The molecule has 1 aromatic heterocycles. The average molecular weight is 440 g/mol. The third-order valence-corrected chi connectivity index (χ3v) is 5.71. The molecule has 0 aliphatic heterocycles. The molecule has 0 saturated heterocycles. The molecular weight excluding hydrogens is 423 g/mol. The lowest BCUT2D eigenvalue weighted by Crippen LogP contribution is -2.14. The monoisotopic (exact) mass is 438 g/mol. The van der Waals surface area contributed by atoms with Gasteiger partial charge in [0.2, 0.25) is 5.91 Å². The van der Waals surface area contributed by atoms with E-state index in [-0.39, 0.29) is 12.3 Å². The van der Waals surface area contributed by atoms with Crippen LogP contribution in [0.4, 0.5) is 11.4 Å². The molecule has 7 heteroatoms. The van der Waals surface area contributed by atoms with Gasteiger partial charge in [0.05, 0.1) is 21.5 Å². The summed E-state index contributed by atoms with van der Waals surface area (Å²) in [7, 11) is 0. The van der Waals surface area contributed by atoms with Gasteiger partial charge in [-0.3, -0.25) is 4.79 Å². The minimum absolute atomic E-state index is 0.130. The van der Waals surface area contributed by atoms with Gasteiger partial charge in [0.1, 0.15) is 0 Å². The van der Waals surface area contributed by atoms with Crippen LogP contribution in [0.3, 0.4) is 0 Å². The third kappa shape index (κ3) is 6.15. The van der Waals surface area contributed by atoms with Gasteiger partial charge in [-0.2, -0.15) is 0 Å². The molecule has 0 spiro atoms. The van der Waals surface area contributed by atoms with E-state index in [0.717, 1.165) is 28.6 Å². The molecule has 27 heavy (non-hydrogen) atoms. The minimum Gasteiger partial charge on any atom is -0.385 e. The van der Waals surface area contributed by atoms with Crippen molar-refractivity contribution < 1.29 is 4.79 Å². The zero-order valence-electron chi connectivity index (χ0n) is 14.3. The minimum atomic E-state index is -0.130.